The number of benzene rings is 2. The van der Waals surface area contributed by atoms with E-state index >= 15 is 0 Å². The Labute approximate surface area is 186 Å². The van der Waals surface area contributed by atoms with Gasteiger partial charge in [0.2, 0.25) is 11.8 Å². The highest BCUT2D eigenvalue weighted by atomic mass is 16.5. The van der Waals surface area contributed by atoms with Gasteiger partial charge in [-0.1, -0.05) is 24.3 Å². The van der Waals surface area contributed by atoms with Crippen molar-refractivity contribution in [3.63, 3.8) is 0 Å². The number of aromatic amines is 1. The first kappa shape index (κ1) is 21.7. The predicted octanol–water partition coefficient (Wildman–Crippen LogP) is 2.43. The average Bonchev–Trinajstić information content (AvgIpc) is 3.03. The van der Waals surface area contributed by atoms with Crippen LogP contribution in [-0.4, -0.2) is 46.0 Å². The molecule has 8 heteroatoms. The summed E-state index contributed by atoms with van der Waals surface area (Å²) in [5.74, 6) is 0.750. The van der Waals surface area contributed by atoms with E-state index in [0.29, 0.717) is 38.9 Å². The topological polar surface area (TPSA) is 96.4 Å². The molecule has 2 amide bonds. The molecule has 4 rings (SSSR count). The van der Waals surface area contributed by atoms with Crippen molar-refractivity contribution < 1.29 is 14.3 Å². The summed E-state index contributed by atoms with van der Waals surface area (Å²) in [4.78, 5) is 41.9. The van der Waals surface area contributed by atoms with E-state index in [0.717, 1.165) is 22.3 Å². The molecule has 1 unspecified atom stereocenters. The molecule has 2 heterocycles. The van der Waals surface area contributed by atoms with Crippen LogP contribution in [0.4, 0.5) is 0 Å². The first-order chi connectivity index (χ1) is 15.5. The molecule has 0 radical (unpaired) electrons. The lowest BCUT2D eigenvalue weighted by Gasteiger charge is -2.21. The van der Waals surface area contributed by atoms with Crippen LogP contribution in [0, 0.1) is 0 Å². The van der Waals surface area contributed by atoms with Gasteiger partial charge in [0, 0.05) is 38.5 Å². The lowest BCUT2D eigenvalue weighted by atomic mass is 10.1. The molecule has 1 atom stereocenters. The number of ether oxygens (including phenoxy) is 1. The summed E-state index contributed by atoms with van der Waals surface area (Å²) in [5, 5.41) is 3.05. The summed E-state index contributed by atoms with van der Waals surface area (Å²) in [5.41, 5.74) is 2.35. The Hall–Kier alpha value is -3.55. The molecule has 8 nitrogen and oxygen atoms in total. The van der Waals surface area contributed by atoms with E-state index < -0.39 is 0 Å². The van der Waals surface area contributed by atoms with E-state index in [4.69, 9.17) is 4.74 Å². The Balaban J connectivity index is 1.31. The fourth-order valence-corrected chi connectivity index (χ4v) is 4.18. The number of imidazole rings is 1. The third kappa shape index (κ3) is 5.01. The van der Waals surface area contributed by atoms with E-state index in [2.05, 4.69) is 10.3 Å². The van der Waals surface area contributed by atoms with E-state index in [1.807, 2.05) is 53.4 Å². The molecule has 1 aliphatic heterocycles. The number of nitrogens with one attached hydrogen (secondary N) is 2. The van der Waals surface area contributed by atoms with Crippen LogP contribution < -0.4 is 15.7 Å². The minimum absolute atomic E-state index is 0.0542. The fourth-order valence-electron chi connectivity index (χ4n) is 4.18. The summed E-state index contributed by atoms with van der Waals surface area (Å²) in [6.07, 6.45) is 1.93. The molecule has 1 aliphatic rings. The number of likely N-dealkylation sites (tertiary alicyclic amines) is 1. The quantitative estimate of drug-likeness (QED) is 0.595. The molecular formula is C24H28N4O4. The highest BCUT2D eigenvalue weighted by Gasteiger charge is 2.23. The van der Waals surface area contributed by atoms with Crippen molar-refractivity contribution >= 4 is 22.8 Å². The molecule has 1 saturated heterocycles. The van der Waals surface area contributed by atoms with E-state index in [1.165, 1.54) is 0 Å². The molecule has 0 saturated carbocycles. The van der Waals surface area contributed by atoms with Gasteiger partial charge in [-0.05, 0) is 42.7 Å². The molecule has 3 aromatic rings. The number of H-pyrrole nitrogens is 1. The van der Waals surface area contributed by atoms with Crippen molar-refractivity contribution in [2.24, 2.45) is 0 Å². The average molecular weight is 437 g/mol. The third-order valence-corrected chi connectivity index (χ3v) is 5.92. The van der Waals surface area contributed by atoms with Gasteiger partial charge in [-0.2, -0.15) is 0 Å². The van der Waals surface area contributed by atoms with E-state index in [1.54, 1.807) is 11.7 Å². The Morgan fingerprint density at radius 2 is 2.00 bits per heavy atom. The second kappa shape index (κ2) is 9.72. The molecule has 32 heavy (non-hydrogen) atoms. The van der Waals surface area contributed by atoms with Gasteiger partial charge in [-0.3, -0.25) is 14.2 Å². The summed E-state index contributed by atoms with van der Waals surface area (Å²) < 4.78 is 6.85. The van der Waals surface area contributed by atoms with Crippen LogP contribution >= 0.6 is 0 Å². The van der Waals surface area contributed by atoms with Gasteiger partial charge in [0.25, 0.3) is 0 Å². The summed E-state index contributed by atoms with van der Waals surface area (Å²) in [7, 11) is 1.62. The number of carbonyl (C=O) groups is 2. The number of amides is 2. The van der Waals surface area contributed by atoms with Gasteiger partial charge in [0.15, 0.2) is 0 Å². The molecule has 168 valence electrons. The standard InChI is InChI=1S/C24H28N4O4/c1-32-19-6-4-5-17(15-19)16-27-13-11-18(9-10-23(27)30)25-22(29)12-14-28-21-8-3-2-7-20(21)26-24(28)31/h2-8,15,18H,9-14,16H2,1H3,(H,25,29)(H,26,31). The second-order valence-electron chi connectivity index (χ2n) is 8.11. The number of aryl methyl sites for hydroxylation is 1. The van der Waals surface area contributed by atoms with Crippen molar-refractivity contribution in [3.8, 4) is 5.75 Å². The Morgan fingerprint density at radius 3 is 2.84 bits per heavy atom. The maximum absolute atomic E-state index is 12.6. The summed E-state index contributed by atoms with van der Waals surface area (Å²) in [6.45, 7) is 1.42. The maximum atomic E-state index is 12.6. The smallest absolute Gasteiger partial charge is 0.326 e. The minimum atomic E-state index is -0.216. The number of carbonyl (C=O) groups excluding carboxylic acids is 2. The van der Waals surface area contributed by atoms with Gasteiger partial charge >= 0.3 is 5.69 Å². The highest BCUT2D eigenvalue weighted by molar-refractivity contribution is 5.79. The molecule has 0 bridgehead atoms. The number of aromatic nitrogens is 2. The number of nitrogens with zero attached hydrogens (tertiary/aromatic N) is 2. The molecule has 0 spiro atoms. The molecule has 2 N–H and O–H groups in total. The lowest BCUT2D eigenvalue weighted by Crippen LogP contribution is -2.36. The van der Waals surface area contributed by atoms with Gasteiger partial charge in [-0.15, -0.1) is 0 Å². The molecule has 2 aromatic carbocycles. The van der Waals surface area contributed by atoms with Crippen molar-refractivity contribution in [1.29, 1.82) is 0 Å². The monoisotopic (exact) mass is 436 g/mol. The van der Waals surface area contributed by atoms with Crippen molar-refractivity contribution in [2.45, 2.75) is 44.8 Å². The van der Waals surface area contributed by atoms with Crippen molar-refractivity contribution in [3.05, 3.63) is 64.6 Å². The van der Waals surface area contributed by atoms with Gasteiger partial charge in [0.1, 0.15) is 5.75 Å². The third-order valence-electron chi connectivity index (χ3n) is 5.92. The number of rotatable bonds is 7. The second-order valence-corrected chi connectivity index (χ2v) is 8.11. The summed E-state index contributed by atoms with van der Waals surface area (Å²) in [6, 6.07) is 15.1. The highest BCUT2D eigenvalue weighted by Crippen LogP contribution is 2.18. The van der Waals surface area contributed by atoms with E-state index in [9.17, 15) is 14.4 Å². The fraction of sp³-hybridized carbons (Fsp3) is 0.375. The van der Waals surface area contributed by atoms with Crippen molar-refractivity contribution in [1.82, 2.24) is 19.8 Å². The minimum Gasteiger partial charge on any atom is -0.497 e. The normalized spacial score (nSPS) is 16.7. The zero-order chi connectivity index (χ0) is 22.5. The number of methoxy groups -OCH3 is 1. The summed E-state index contributed by atoms with van der Waals surface area (Å²) >= 11 is 0. The molecule has 1 fully saturated rings. The van der Waals surface area contributed by atoms with Gasteiger partial charge in [-0.25, -0.2) is 4.79 Å². The Bertz CT molecular complexity index is 1170. The Morgan fingerprint density at radius 1 is 1.16 bits per heavy atom. The number of fused-ring (bicyclic) bond motifs is 1. The van der Waals surface area contributed by atoms with Crippen LogP contribution in [-0.2, 0) is 22.7 Å². The first-order valence-electron chi connectivity index (χ1n) is 10.9. The van der Waals surface area contributed by atoms with Gasteiger partial charge in [0.05, 0.1) is 18.1 Å². The van der Waals surface area contributed by atoms with Crippen LogP contribution in [0.5, 0.6) is 5.75 Å². The lowest BCUT2D eigenvalue weighted by molar-refractivity contribution is -0.131. The zero-order valence-corrected chi connectivity index (χ0v) is 18.2. The molecule has 0 aliphatic carbocycles. The SMILES string of the molecule is COc1cccc(CN2CCC(NC(=O)CCn3c(=O)[nH]c4ccccc43)CCC2=O)c1. The van der Waals surface area contributed by atoms with Crippen LogP contribution in [0.1, 0.15) is 31.2 Å². The van der Waals surface area contributed by atoms with Crippen molar-refractivity contribution in [2.75, 3.05) is 13.7 Å². The van der Waals surface area contributed by atoms with Gasteiger partial charge < -0.3 is 19.9 Å². The van der Waals surface area contributed by atoms with Crippen LogP contribution in [0.2, 0.25) is 0 Å². The predicted molar refractivity (Wildman–Crippen MR) is 121 cm³/mol. The largest absolute Gasteiger partial charge is 0.497 e. The van der Waals surface area contributed by atoms with Crippen LogP contribution in [0.25, 0.3) is 11.0 Å². The number of hydrogen-bond donors (Lipinski definition) is 2. The number of para-hydroxylation sites is 2. The van der Waals surface area contributed by atoms with Crippen LogP contribution in [0.3, 0.4) is 0 Å². The maximum Gasteiger partial charge on any atom is 0.326 e. The molecule has 1 aromatic heterocycles. The molecular weight excluding hydrogens is 408 g/mol. The van der Waals surface area contributed by atoms with Crippen LogP contribution in [0.15, 0.2) is 53.3 Å². The number of hydrogen-bond acceptors (Lipinski definition) is 4. The Kier molecular flexibility index (Phi) is 6.58. The zero-order valence-electron chi connectivity index (χ0n) is 18.2. The van der Waals surface area contributed by atoms with E-state index in [-0.39, 0.29) is 30.0 Å². The first-order valence-corrected chi connectivity index (χ1v) is 10.9.